The van der Waals surface area contributed by atoms with E-state index in [-0.39, 0.29) is 21.7 Å². The number of benzene rings is 13. The first-order valence-corrected chi connectivity index (χ1v) is 36.6. The summed E-state index contributed by atoms with van der Waals surface area (Å²) < 4.78 is 2.42. The summed E-state index contributed by atoms with van der Waals surface area (Å²) in [7, 11) is 0. The van der Waals surface area contributed by atoms with Crippen molar-refractivity contribution in [3.05, 3.63) is 326 Å². The lowest BCUT2D eigenvalue weighted by Gasteiger charge is -2.30. The highest BCUT2D eigenvalue weighted by molar-refractivity contribution is 6.17. The number of rotatable bonds is 12. The fourth-order valence-corrected chi connectivity index (χ4v) is 15.3. The molecule has 0 spiro atoms. The van der Waals surface area contributed by atoms with Crippen LogP contribution in [0.2, 0.25) is 0 Å². The number of aromatic nitrogens is 4. The Kier molecular flexibility index (Phi) is 16.9. The first kappa shape index (κ1) is 66.8. The zero-order valence-electron chi connectivity index (χ0n) is 61.8. The maximum atomic E-state index is 5.22. The second-order valence-corrected chi connectivity index (χ2v) is 32.1. The molecule has 0 amide bonds. The first-order chi connectivity index (χ1) is 50.1. The third-order valence-electron chi connectivity index (χ3n) is 20.9. The van der Waals surface area contributed by atoms with Crippen LogP contribution < -0.4 is 9.80 Å². The Bertz CT molecular complexity index is 5630. The molecule has 3 heterocycles. The molecular formula is C98H88N6. The van der Waals surface area contributed by atoms with E-state index < -0.39 is 0 Å². The molecule has 1 aliphatic rings. The molecule has 104 heavy (non-hydrogen) atoms. The standard InChI is InChI=1S/C98H88N6/c1-95(2,3)73-51-42-64(43-52-73)86-87(65-44-53-74(54-45-65)96(4,5)6)89(67-48-57-76(58-49-67)98(10,11)12)91(90(88(86)66-46-55-75(56-47-66)97(7,8)9)70-32-26-36-78(60-70)103-63-102(77-34-20-15-21-35-77)84-40-24-25-41-85(84)103)71-50-59-83-81(62-71)80-38-22-23-39-82(80)104(83)79-37-27-33-72(61-79)94-100-92(68-28-16-13-17-29-68)99-93(101-94)69-30-18-14-19-31-69/h13-62H,63H2,1-12H3. The highest BCUT2D eigenvalue weighted by Crippen LogP contribution is 2.58. The minimum Gasteiger partial charge on any atom is -0.321 e. The molecule has 0 N–H and O–H groups in total. The number of hydrogen-bond acceptors (Lipinski definition) is 5. The van der Waals surface area contributed by atoms with Gasteiger partial charge in [-0.15, -0.1) is 0 Å². The van der Waals surface area contributed by atoms with E-state index in [2.05, 4.69) is 364 Å². The van der Waals surface area contributed by atoms with Crippen molar-refractivity contribution in [2.24, 2.45) is 0 Å². The second kappa shape index (κ2) is 26.3. The summed E-state index contributed by atoms with van der Waals surface area (Å²) >= 11 is 0. The van der Waals surface area contributed by atoms with Gasteiger partial charge in [-0.2, -0.15) is 0 Å². The highest BCUT2D eigenvalue weighted by atomic mass is 15.4. The zero-order valence-corrected chi connectivity index (χ0v) is 61.8. The van der Waals surface area contributed by atoms with Crippen LogP contribution in [0.3, 0.4) is 0 Å². The van der Waals surface area contributed by atoms with Gasteiger partial charge in [0, 0.05) is 44.5 Å². The predicted molar refractivity (Wildman–Crippen MR) is 440 cm³/mol. The molecule has 0 atom stereocenters. The van der Waals surface area contributed by atoms with E-state index in [0.29, 0.717) is 24.1 Å². The zero-order chi connectivity index (χ0) is 71.8. The Morgan fingerprint density at radius 3 is 0.981 bits per heavy atom. The van der Waals surface area contributed by atoms with Crippen LogP contribution in [-0.4, -0.2) is 26.2 Å². The molecule has 1 aliphatic heterocycles. The number of hydrogen-bond donors (Lipinski definition) is 0. The quantitative estimate of drug-likeness (QED) is 0.122. The number of nitrogens with zero attached hydrogens (tertiary/aromatic N) is 6. The normalized spacial score (nSPS) is 12.7. The fraction of sp³-hybridized carbons (Fsp3) is 0.173. The maximum Gasteiger partial charge on any atom is 0.164 e. The van der Waals surface area contributed by atoms with Crippen LogP contribution in [0.15, 0.2) is 303 Å². The summed E-state index contributed by atoms with van der Waals surface area (Å²) in [5.74, 6) is 1.85. The van der Waals surface area contributed by atoms with Crippen LogP contribution in [0.5, 0.6) is 0 Å². The Balaban J connectivity index is 1.02. The monoisotopic (exact) mass is 1350 g/mol. The molecule has 6 nitrogen and oxygen atoms in total. The van der Waals surface area contributed by atoms with Crippen molar-refractivity contribution in [3.8, 4) is 107 Å². The molecule has 0 fully saturated rings. The van der Waals surface area contributed by atoms with Crippen LogP contribution in [0.4, 0.5) is 22.7 Å². The van der Waals surface area contributed by atoms with Crippen LogP contribution in [0.25, 0.3) is 128 Å². The average Bonchev–Trinajstić information content (AvgIpc) is 0.809. The summed E-state index contributed by atoms with van der Waals surface area (Å²) in [5.41, 5.74) is 29.1. The molecule has 16 rings (SSSR count). The van der Waals surface area contributed by atoms with Crippen molar-refractivity contribution in [1.82, 2.24) is 19.5 Å². The van der Waals surface area contributed by atoms with E-state index in [4.69, 9.17) is 15.0 Å². The molecule has 0 saturated carbocycles. The lowest BCUT2D eigenvalue weighted by Crippen LogP contribution is -2.23. The van der Waals surface area contributed by atoms with Gasteiger partial charge in [-0.05, 0) is 177 Å². The molecular weight excluding hydrogens is 1260 g/mol. The Morgan fingerprint density at radius 2 is 0.538 bits per heavy atom. The van der Waals surface area contributed by atoms with E-state index in [1.165, 1.54) is 50.2 Å². The summed E-state index contributed by atoms with van der Waals surface area (Å²) in [6.45, 7) is 28.4. The smallest absolute Gasteiger partial charge is 0.164 e. The molecule has 13 aromatic carbocycles. The van der Waals surface area contributed by atoms with Gasteiger partial charge < -0.3 is 14.4 Å². The van der Waals surface area contributed by atoms with Gasteiger partial charge in [0.25, 0.3) is 0 Å². The SMILES string of the molecule is CC(C)(C)c1ccc(-c2c(-c3ccc(C(C)(C)C)cc3)c(-c3ccc(C(C)(C)C)cc3)c(-c3ccc4c(c3)c3ccccc3n4-c3cccc(-c4nc(-c5ccccc5)nc(-c5ccccc5)n4)c3)c(-c3cccc(N4CN(c5ccccc5)c5ccccc54)c3)c2-c2ccc(C(C)(C)C)cc2)cc1. The molecule has 2 aromatic heterocycles. The van der Waals surface area contributed by atoms with Crippen molar-refractivity contribution in [2.45, 2.75) is 105 Å². The van der Waals surface area contributed by atoms with E-state index in [9.17, 15) is 0 Å². The van der Waals surface area contributed by atoms with Gasteiger partial charge in [0.15, 0.2) is 17.5 Å². The van der Waals surface area contributed by atoms with Gasteiger partial charge in [0.2, 0.25) is 0 Å². The minimum atomic E-state index is -0.0911. The van der Waals surface area contributed by atoms with Crippen molar-refractivity contribution in [3.63, 3.8) is 0 Å². The Morgan fingerprint density at radius 1 is 0.231 bits per heavy atom. The van der Waals surface area contributed by atoms with Crippen LogP contribution in [-0.2, 0) is 21.7 Å². The molecule has 0 bridgehead atoms. The van der Waals surface area contributed by atoms with Gasteiger partial charge in [0.1, 0.15) is 6.67 Å². The van der Waals surface area contributed by atoms with Gasteiger partial charge in [0.05, 0.1) is 22.4 Å². The summed E-state index contributed by atoms with van der Waals surface area (Å²) in [6.07, 6.45) is 0. The van der Waals surface area contributed by atoms with Crippen LogP contribution in [0, 0.1) is 0 Å². The van der Waals surface area contributed by atoms with E-state index >= 15 is 0 Å². The van der Waals surface area contributed by atoms with Gasteiger partial charge in [-0.3, -0.25) is 0 Å². The first-order valence-electron chi connectivity index (χ1n) is 36.6. The fourth-order valence-electron chi connectivity index (χ4n) is 15.3. The molecule has 0 aliphatic carbocycles. The largest absolute Gasteiger partial charge is 0.321 e. The van der Waals surface area contributed by atoms with E-state index in [0.717, 1.165) is 106 Å². The van der Waals surface area contributed by atoms with Crippen LogP contribution in [0.1, 0.15) is 105 Å². The topological polar surface area (TPSA) is 50.1 Å². The summed E-state index contributed by atoms with van der Waals surface area (Å²) in [4.78, 5) is 20.4. The average molecular weight is 1350 g/mol. The summed E-state index contributed by atoms with van der Waals surface area (Å²) in [6, 6.07) is 113. The Labute approximate surface area is 613 Å². The van der Waals surface area contributed by atoms with E-state index in [1.54, 1.807) is 0 Å². The minimum absolute atomic E-state index is 0.0762. The van der Waals surface area contributed by atoms with Crippen molar-refractivity contribution < 1.29 is 0 Å². The molecule has 0 unspecified atom stereocenters. The van der Waals surface area contributed by atoms with Crippen molar-refractivity contribution in [2.75, 3.05) is 16.5 Å². The molecule has 510 valence electrons. The number of fused-ring (bicyclic) bond motifs is 4. The highest BCUT2D eigenvalue weighted by Gasteiger charge is 2.34. The Hall–Kier alpha value is -11.7. The van der Waals surface area contributed by atoms with Gasteiger partial charge >= 0.3 is 0 Å². The molecule has 15 aromatic rings. The van der Waals surface area contributed by atoms with Crippen LogP contribution >= 0.6 is 0 Å². The number of para-hydroxylation sites is 4. The van der Waals surface area contributed by atoms with Crippen molar-refractivity contribution >= 4 is 44.6 Å². The lowest BCUT2D eigenvalue weighted by atomic mass is 9.73. The van der Waals surface area contributed by atoms with Crippen molar-refractivity contribution in [1.29, 1.82) is 0 Å². The maximum absolute atomic E-state index is 5.22. The lowest BCUT2D eigenvalue weighted by molar-refractivity contribution is 0.590. The van der Waals surface area contributed by atoms with Gasteiger partial charge in [-0.25, -0.2) is 15.0 Å². The third kappa shape index (κ3) is 12.6. The van der Waals surface area contributed by atoms with E-state index in [1.807, 2.05) is 36.4 Å². The third-order valence-corrected chi connectivity index (χ3v) is 20.9. The number of anilines is 4. The predicted octanol–water partition coefficient (Wildman–Crippen LogP) is 26.4. The summed E-state index contributed by atoms with van der Waals surface area (Å²) in [5, 5.41) is 2.29. The molecule has 6 heteroatoms. The molecule has 0 saturated heterocycles. The molecule has 0 radical (unpaired) electrons. The second-order valence-electron chi connectivity index (χ2n) is 32.1. The van der Waals surface area contributed by atoms with Gasteiger partial charge in [-0.1, -0.05) is 320 Å².